The predicted octanol–water partition coefficient (Wildman–Crippen LogP) is 4.92. The summed E-state index contributed by atoms with van der Waals surface area (Å²) in [6, 6.07) is 6.58. The summed E-state index contributed by atoms with van der Waals surface area (Å²) in [5.41, 5.74) is 3.94. The fraction of sp³-hybridized carbons (Fsp3) is 0.292. The zero-order valence-electron chi connectivity index (χ0n) is 18.8. The SMILES string of the molecule is Cc1cc([C@@H]2CN(c3nc(-c4ccc(Cl)c(F)c4F)c4nc(C)c(C)nc4n3)CCO2)ccn1. The highest BCUT2D eigenvalue weighted by Gasteiger charge is 2.27. The van der Waals surface area contributed by atoms with Crippen LogP contribution in [-0.4, -0.2) is 44.6 Å². The van der Waals surface area contributed by atoms with E-state index in [2.05, 4.69) is 24.9 Å². The molecule has 1 atom stereocenters. The van der Waals surface area contributed by atoms with Gasteiger partial charge < -0.3 is 9.64 Å². The van der Waals surface area contributed by atoms with Crippen molar-refractivity contribution < 1.29 is 13.5 Å². The summed E-state index contributed by atoms with van der Waals surface area (Å²) >= 11 is 5.77. The first-order valence-electron chi connectivity index (χ1n) is 10.8. The van der Waals surface area contributed by atoms with Gasteiger partial charge >= 0.3 is 0 Å². The lowest BCUT2D eigenvalue weighted by Crippen LogP contribution is -2.39. The van der Waals surface area contributed by atoms with Gasteiger partial charge in [-0.25, -0.2) is 23.7 Å². The average Bonchev–Trinajstić information content (AvgIpc) is 2.83. The molecule has 0 N–H and O–H groups in total. The minimum atomic E-state index is -1.14. The van der Waals surface area contributed by atoms with Gasteiger partial charge in [0.2, 0.25) is 5.95 Å². The number of fused-ring (bicyclic) bond motifs is 1. The number of rotatable bonds is 3. The number of nitrogens with zero attached hydrogens (tertiary/aromatic N) is 6. The molecular weight excluding hydrogens is 462 g/mol. The number of pyridine rings is 1. The van der Waals surface area contributed by atoms with Gasteiger partial charge in [-0.1, -0.05) is 11.6 Å². The number of morpholine rings is 1. The normalized spacial score (nSPS) is 16.3. The van der Waals surface area contributed by atoms with Crippen LogP contribution in [0, 0.1) is 32.4 Å². The second kappa shape index (κ2) is 8.81. The quantitative estimate of drug-likeness (QED) is 0.384. The molecule has 34 heavy (non-hydrogen) atoms. The summed E-state index contributed by atoms with van der Waals surface area (Å²) in [6.07, 6.45) is 1.53. The third kappa shape index (κ3) is 4.05. The maximum atomic E-state index is 14.9. The van der Waals surface area contributed by atoms with Crippen molar-refractivity contribution in [1.82, 2.24) is 24.9 Å². The molecule has 0 amide bonds. The van der Waals surface area contributed by atoms with Crippen molar-refractivity contribution >= 4 is 28.7 Å². The molecule has 1 fully saturated rings. The first-order chi connectivity index (χ1) is 16.3. The predicted molar refractivity (Wildman–Crippen MR) is 125 cm³/mol. The Kier molecular flexibility index (Phi) is 5.83. The molecule has 5 rings (SSSR count). The highest BCUT2D eigenvalue weighted by molar-refractivity contribution is 6.30. The van der Waals surface area contributed by atoms with E-state index in [1.54, 1.807) is 13.1 Å². The third-order valence-electron chi connectivity index (χ3n) is 5.86. The summed E-state index contributed by atoms with van der Waals surface area (Å²) in [5.74, 6) is -1.89. The Balaban J connectivity index is 1.64. The lowest BCUT2D eigenvalue weighted by Gasteiger charge is -2.33. The first-order valence-corrected chi connectivity index (χ1v) is 11.2. The molecular formula is C24H21ClF2N6O. The lowest BCUT2D eigenvalue weighted by molar-refractivity contribution is 0.0391. The van der Waals surface area contributed by atoms with Gasteiger partial charge in [-0.3, -0.25) is 4.98 Å². The number of hydrogen-bond acceptors (Lipinski definition) is 7. The maximum absolute atomic E-state index is 14.9. The van der Waals surface area contributed by atoms with E-state index in [1.807, 2.05) is 30.9 Å². The Morgan fingerprint density at radius 1 is 1.00 bits per heavy atom. The van der Waals surface area contributed by atoms with Crippen molar-refractivity contribution in [2.45, 2.75) is 26.9 Å². The van der Waals surface area contributed by atoms with Crippen LogP contribution in [0.25, 0.3) is 22.4 Å². The molecule has 4 heterocycles. The van der Waals surface area contributed by atoms with E-state index >= 15 is 0 Å². The molecule has 1 aromatic carbocycles. The summed E-state index contributed by atoms with van der Waals surface area (Å²) < 4.78 is 35.3. The minimum Gasteiger partial charge on any atom is -0.370 e. The van der Waals surface area contributed by atoms with Gasteiger partial charge in [0.25, 0.3) is 0 Å². The van der Waals surface area contributed by atoms with Crippen LogP contribution in [-0.2, 0) is 4.74 Å². The lowest BCUT2D eigenvalue weighted by atomic mass is 10.1. The van der Waals surface area contributed by atoms with E-state index in [1.165, 1.54) is 12.1 Å². The molecule has 4 aromatic rings. The molecule has 1 aliphatic heterocycles. The molecule has 0 spiro atoms. The second-order valence-corrected chi connectivity index (χ2v) is 8.60. The van der Waals surface area contributed by atoms with Crippen molar-refractivity contribution in [2.75, 3.05) is 24.6 Å². The molecule has 174 valence electrons. The van der Waals surface area contributed by atoms with Gasteiger partial charge in [-0.15, -0.1) is 0 Å². The standard InChI is InChI=1S/C24H21ClF2N6O/c1-12-10-15(6-7-28-12)18-11-33(8-9-34-18)24-31-21(16-4-5-17(25)20(27)19(16)26)22-23(32-24)30-14(3)13(2)29-22/h4-7,10,18H,8-9,11H2,1-3H3/t18-/m0/s1. The van der Waals surface area contributed by atoms with E-state index in [0.717, 1.165) is 11.3 Å². The topological polar surface area (TPSA) is 76.9 Å². The Labute approximate surface area is 199 Å². The number of benzene rings is 1. The zero-order chi connectivity index (χ0) is 24.0. The van der Waals surface area contributed by atoms with E-state index in [4.69, 9.17) is 16.3 Å². The highest BCUT2D eigenvalue weighted by Crippen LogP contribution is 2.33. The number of ether oxygens (including phenoxy) is 1. The van der Waals surface area contributed by atoms with E-state index in [9.17, 15) is 8.78 Å². The molecule has 0 saturated carbocycles. The number of halogens is 3. The van der Waals surface area contributed by atoms with Gasteiger partial charge in [-0.2, -0.15) is 4.98 Å². The molecule has 3 aromatic heterocycles. The van der Waals surface area contributed by atoms with E-state index in [0.29, 0.717) is 48.2 Å². The fourth-order valence-corrected chi connectivity index (χ4v) is 4.09. The van der Waals surface area contributed by atoms with Crippen molar-refractivity contribution in [1.29, 1.82) is 0 Å². The van der Waals surface area contributed by atoms with Crippen LogP contribution in [0.5, 0.6) is 0 Å². The van der Waals surface area contributed by atoms with Crippen LogP contribution in [0.4, 0.5) is 14.7 Å². The van der Waals surface area contributed by atoms with Crippen molar-refractivity contribution in [2.24, 2.45) is 0 Å². The van der Waals surface area contributed by atoms with E-state index < -0.39 is 11.6 Å². The van der Waals surface area contributed by atoms with Gasteiger partial charge in [0, 0.05) is 24.0 Å². The van der Waals surface area contributed by atoms with Gasteiger partial charge in [-0.05, 0) is 50.6 Å². The Morgan fingerprint density at radius 2 is 1.79 bits per heavy atom. The van der Waals surface area contributed by atoms with Crippen molar-refractivity contribution in [3.63, 3.8) is 0 Å². The summed E-state index contributed by atoms with van der Waals surface area (Å²) in [6.45, 7) is 6.99. The van der Waals surface area contributed by atoms with Crippen molar-refractivity contribution in [3.8, 4) is 11.3 Å². The first kappa shape index (κ1) is 22.5. The third-order valence-corrected chi connectivity index (χ3v) is 6.15. The van der Waals surface area contributed by atoms with E-state index in [-0.39, 0.29) is 22.4 Å². The van der Waals surface area contributed by atoms with Crippen molar-refractivity contribution in [3.05, 3.63) is 69.8 Å². The molecule has 0 unspecified atom stereocenters. The van der Waals surface area contributed by atoms with Crippen LogP contribution in [0.2, 0.25) is 5.02 Å². The van der Waals surface area contributed by atoms with Gasteiger partial charge in [0.1, 0.15) is 17.3 Å². The monoisotopic (exact) mass is 482 g/mol. The molecule has 0 aliphatic carbocycles. The second-order valence-electron chi connectivity index (χ2n) is 8.20. The van der Waals surface area contributed by atoms with Gasteiger partial charge in [0.05, 0.1) is 29.6 Å². The van der Waals surface area contributed by atoms with Crippen LogP contribution >= 0.6 is 11.6 Å². The maximum Gasteiger partial charge on any atom is 0.228 e. The fourth-order valence-electron chi connectivity index (χ4n) is 3.94. The molecule has 1 aliphatic rings. The highest BCUT2D eigenvalue weighted by atomic mass is 35.5. The molecule has 1 saturated heterocycles. The number of aryl methyl sites for hydroxylation is 3. The van der Waals surface area contributed by atoms with Crippen LogP contribution < -0.4 is 4.90 Å². The van der Waals surface area contributed by atoms with Crippen LogP contribution in [0.1, 0.15) is 28.7 Å². The smallest absolute Gasteiger partial charge is 0.228 e. The summed E-state index contributed by atoms with van der Waals surface area (Å²) in [7, 11) is 0. The summed E-state index contributed by atoms with van der Waals surface area (Å²) in [5, 5.41) is -0.304. The number of anilines is 1. The largest absolute Gasteiger partial charge is 0.370 e. The Morgan fingerprint density at radius 3 is 2.59 bits per heavy atom. The van der Waals surface area contributed by atoms with Crippen LogP contribution in [0.15, 0.2) is 30.5 Å². The molecule has 0 radical (unpaired) electrons. The molecule has 10 heteroatoms. The minimum absolute atomic E-state index is 0.0531. The average molecular weight is 483 g/mol. The van der Waals surface area contributed by atoms with Crippen LogP contribution in [0.3, 0.4) is 0 Å². The Hall–Kier alpha value is -3.30. The zero-order valence-corrected chi connectivity index (χ0v) is 19.6. The Bertz CT molecular complexity index is 1420. The molecule has 0 bridgehead atoms. The van der Waals surface area contributed by atoms with Gasteiger partial charge in [0.15, 0.2) is 17.3 Å². The number of aromatic nitrogens is 5. The summed E-state index contributed by atoms with van der Waals surface area (Å²) in [4.78, 5) is 24.6. The number of hydrogen-bond donors (Lipinski definition) is 0. The molecule has 7 nitrogen and oxygen atoms in total.